The van der Waals surface area contributed by atoms with Gasteiger partial charge in [-0.05, 0) is 25.0 Å². The molecular formula is C16H19NO3. The molecule has 0 radical (unpaired) electrons. The number of benzene rings is 1. The predicted octanol–water partition coefficient (Wildman–Crippen LogP) is 2.17. The van der Waals surface area contributed by atoms with E-state index in [1.54, 1.807) is 0 Å². The van der Waals surface area contributed by atoms with Crippen molar-refractivity contribution >= 4 is 11.8 Å². The van der Waals surface area contributed by atoms with Gasteiger partial charge in [-0.1, -0.05) is 25.1 Å². The van der Waals surface area contributed by atoms with E-state index in [2.05, 4.69) is 25.2 Å². The van der Waals surface area contributed by atoms with Gasteiger partial charge in [0.1, 0.15) is 11.4 Å². The lowest BCUT2D eigenvalue weighted by Crippen LogP contribution is -2.43. The molecule has 0 bridgehead atoms. The van der Waals surface area contributed by atoms with Crippen molar-refractivity contribution in [2.45, 2.75) is 45.1 Å². The lowest BCUT2D eigenvalue weighted by molar-refractivity contribution is -0.136. The van der Waals surface area contributed by atoms with Crippen LogP contribution in [0.2, 0.25) is 0 Å². The molecule has 2 heterocycles. The highest BCUT2D eigenvalue weighted by molar-refractivity contribution is 5.99. The Morgan fingerprint density at radius 3 is 2.80 bits per heavy atom. The summed E-state index contributed by atoms with van der Waals surface area (Å²) in [4.78, 5) is 23.5. The molecule has 0 aliphatic carbocycles. The van der Waals surface area contributed by atoms with Crippen LogP contribution in [-0.4, -0.2) is 17.4 Å². The first-order chi connectivity index (χ1) is 9.37. The van der Waals surface area contributed by atoms with Gasteiger partial charge in [0.15, 0.2) is 0 Å². The minimum absolute atomic E-state index is 0.0971. The van der Waals surface area contributed by atoms with Gasteiger partial charge in [-0.3, -0.25) is 14.9 Å². The molecule has 1 aromatic rings. The second kappa shape index (κ2) is 4.33. The molecule has 1 aromatic carbocycles. The number of imide groups is 1. The summed E-state index contributed by atoms with van der Waals surface area (Å²) in [5, 5.41) is 2.39. The zero-order chi connectivity index (χ0) is 14.5. The topological polar surface area (TPSA) is 55.4 Å². The first kappa shape index (κ1) is 13.2. The Balaban J connectivity index is 2.02. The third-order valence-electron chi connectivity index (χ3n) is 4.21. The zero-order valence-electron chi connectivity index (χ0n) is 12.0. The SMILES string of the molecule is CC1C(=O)NC(=O)CC1c1cccc2c1OC(C)(C)C2. The largest absolute Gasteiger partial charge is 0.487 e. The van der Waals surface area contributed by atoms with E-state index in [4.69, 9.17) is 4.74 Å². The monoisotopic (exact) mass is 273 g/mol. The highest BCUT2D eigenvalue weighted by Gasteiger charge is 2.38. The minimum Gasteiger partial charge on any atom is -0.487 e. The van der Waals surface area contributed by atoms with E-state index in [1.165, 1.54) is 0 Å². The van der Waals surface area contributed by atoms with Crippen LogP contribution in [0.1, 0.15) is 44.2 Å². The Kier molecular flexibility index (Phi) is 2.85. The van der Waals surface area contributed by atoms with Gasteiger partial charge in [0, 0.05) is 24.7 Å². The minimum atomic E-state index is -0.220. The fourth-order valence-electron chi connectivity index (χ4n) is 3.17. The molecule has 2 unspecified atom stereocenters. The number of piperidine rings is 1. The van der Waals surface area contributed by atoms with Gasteiger partial charge in [-0.25, -0.2) is 0 Å². The second-order valence-corrected chi connectivity index (χ2v) is 6.39. The molecule has 0 aromatic heterocycles. The third kappa shape index (κ3) is 2.09. The summed E-state index contributed by atoms with van der Waals surface area (Å²) in [6.07, 6.45) is 1.20. The average molecular weight is 273 g/mol. The van der Waals surface area contributed by atoms with Crippen LogP contribution in [0, 0.1) is 5.92 Å². The standard InChI is InChI=1S/C16H19NO3/c1-9-12(7-13(18)17-15(9)19)11-6-4-5-10-8-16(2,3)20-14(10)11/h4-6,9,12H,7-8H2,1-3H3,(H,17,18,19). The van der Waals surface area contributed by atoms with E-state index in [0.717, 1.165) is 23.3 Å². The third-order valence-corrected chi connectivity index (χ3v) is 4.21. The second-order valence-electron chi connectivity index (χ2n) is 6.39. The lowest BCUT2D eigenvalue weighted by atomic mass is 9.80. The molecule has 2 aliphatic rings. The summed E-state index contributed by atoms with van der Waals surface area (Å²) in [7, 11) is 0. The Hall–Kier alpha value is -1.84. The smallest absolute Gasteiger partial charge is 0.230 e. The molecule has 20 heavy (non-hydrogen) atoms. The molecule has 1 fully saturated rings. The summed E-state index contributed by atoms with van der Waals surface area (Å²) in [5.74, 6) is 0.164. The van der Waals surface area contributed by atoms with Crippen LogP contribution in [0.4, 0.5) is 0 Å². The van der Waals surface area contributed by atoms with Crippen molar-refractivity contribution in [1.29, 1.82) is 0 Å². The fraction of sp³-hybridized carbons (Fsp3) is 0.500. The maximum absolute atomic E-state index is 11.8. The summed E-state index contributed by atoms with van der Waals surface area (Å²) in [5.41, 5.74) is 1.93. The Morgan fingerprint density at radius 1 is 1.30 bits per heavy atom. The van der Waals surface area contributed by atoms with Crippen molar-refractivity contribution in [1.82, 2.24) is 5.32 Å². The molecule has 4 nitrogen and oxygen atoms in total. The molecule has 3 rings (SSSR count). The number of amides is 2. The maximum atomic E-state index is 11.8. The number of rotatable bonds is 1. The van der Waals surface area contributed by atoms with Gasteiger partial charge in [0.2, 0.25) is 11.8 Å². The van der Waals surface area contributed by atoms with Crippen LogP contribution in [0.5, 0.6) is 5.75 Å². The molecule has 2 amide bonds. The Bertz CT molecular complexity index is 591. The summed E-state index contributed by atoms with van der Waals surface area (Å²) in [6, 6.07) is 6.03. The van der Waals surface area contributed by atoms with E-state index in [0.29, 0.717) is 6.42 Å². The van der Waals surface area contributed by atoms with Crippen molar-refractivity contribution in [3.8, 4) is 5.75 Å². The Morgan fingerprint density at radius 2 is 2.05 bits per heavy atom. The van der Waals surface area contributed by atoms with Crippen molar-refractivity contribution in [2.24, 2.45) is 5.92 Å². The van der Waals surface area contributed by atoms with Crippen LogP contribution in [0.3, 0.4) is 0 Å². The van der Waals surface area contributed by atoms with Crippen LogP contribution in [0.25, 0.3) is 0 Å². The number of nitrogens with one attached hydrogen (secondary N) is 1. The normalized spacial score (nSPS) is 27.8. The van der Waals surface area contributed by atoms with Gasteiger partial charge >= 0.3 is 0 Å². The van der Waals surface area contributed by atoms with Gasteiger partial charge < -0.3 is 4.74 Å². The van der Waals surface area contributed by atoms with E-state index in [9.17, 15) is 9.59 Å². The van der Waals surface area contributed by atoms with Crippen LogP contribution < -0.4 is 10.1 Å². The lowest BCUT2D eigenvalue weighted by Gasteiger charge is -2.29. The molecule has 1 saturated heterocycles. The highest BCUT2D eigenvalue weighted by Crippen LogP contribution is 2.44. The van der Waals surface area contributed by atoms with E-state index >= 15 is 0 Å². The number of para-hydroxylation sites is 1. The molecular weight excluding hydrogens is 254 g/mol. The summed E-state index contributed by atoms with van der Waals surface area (Å²) < 4.78 is 6.05. The number of hydrogen-bond donors (Lipinski definition) is 1. The highest BCUT2D eigenvalue weighted by atomic mass is 16.5. The number of hydrogen-bond acceptors (Lipinski definition) is 3. The summed E-state index contributed by atoms with van der Waals surface area (Å²) >= 11 is 0. The van der Waals surface area contributed by atoms with Crippen molar-refractivity contribution in [2.75, 3.05) is 0 Å². The molecule has 4 heteroatoms. The van der Waals surface area contributed by atoms with Crippen LogP contribution in [-0.2, 0) is 16.0 Å². The van der Waals surface area contributed by atoms with Crippen molar-refractivity contribution in [3.05, 3.63) is 29.3 Å². The van der Waals surface area contributed by atoms with Crippen LogP contribution >= 0.6 is 0 Å². The number of ether oxygens (including phenoxy) is 1. The molecule has 1 N–H and O–H groups in total. The zero-order valence-corrected chi connectivity index (χ0v) is 12.0. The number of carbonyl (C=O) groups is 2. The molecule has 106 valence electrons. The maximum Gasteiger partial charge on any atom is 0.230 e. The van der Waals surface area contributed by atoms with Gasteiger partial charge in [-0.2, -0.15) is 0 Å². The van der Waals surface area contributed by atoms with E-state index in [1.807, 2.05) is 19.1 Å². The van der Waals surface area contributed by atoms with E-state index < -0.39 is 0 Å². The van der Waals surface area contributed by atoms with E-state index in [-0.39, 0.29) is 29.3 Å². The van der Waals surface area contributed by atoms with Crippen molar-refractivity contribution in [3.63, 3.8) is 0 Å². The first-order valence-electron chi connectivity index (χ1n) is 7.02. The molecule has 0 saturated carbocycles. The number of fused-ring (bicyclic) bond motifs is 1. The molecule has 2 aliphatic heterocycles. The van der Waals surface area contributed by atoms with Gasteiger partial charge in [-0.15, -0.1) is 0 Å². The summed E-state index contributed by atoms with van der Waals surface area (Å²) in [6.45, 7) is 5.98. The Labute approximate surface area is 118 Å². The van der Waals surface area contributed by atoms with Crippen molar-refractivity contribution < 1.29 is 14.3 Å². The van der Waals surface area contributed by atoms with Gasteiger partial charge in [0.05, 0.1) is 0 Å². The quantitative estimate of drug-likeness (QED) is 0.798. The molecule has 2 atom stereocenters. The van der Waals surface area contributed by atoms with Crippen LogP contribution in [0.15, 0.2) is 18.2 Å². The molecule has 0 spiro atoms. The first-order valence-corrected chi connectivity index (χ1v) is 7.02. The van der Waals surface area contributed by atoms with Gasteiger partial charge in [0.25, 0.3) is 0 Å². The fourth-order valence-corrected chi connectivity index (χ4v) is 3.17. The number of carbonyl (C=O) groups excluding carboxylic acids is 2. The average Bonchev–Trinajstić information content (AvgIpc) is 2.67. The predicted molar refractivity (Wildman–Crippen MR) is 74.5 cm³/mol.